The first-order valence-corrected chi connectivity index (χ1v) is 6.29. The van der Waals surface area contributed by atoms with Gasteiger partial charge in [0.2, 0.25) is 0 Å². The van der Waals surface area contributed by atoms with Crippen LogP contribution < -0.4 is 0 Å². The summed E-state index contributed by atoms with van der Waals surface area (Å²) in [6.45, 7) is 9.22. The van der Waals surface area contributed by atoms with Gasteiger partial charge in [-0.2, -0.15) is 11.8 Å². The summed E-state index contributed by atoms with van der Waals surface area (Å²) in [6.07, 6.45) is 5.62. The van der Waals surface area contributed by atoms with Crippen molar-refractivity contribution in [1.82, 2.24) is 0 Å². The van der Waals surface area contributed by atoms with Gasteiger partial charge in [-0.1, -0.05) is 40.5 Å². The van der Waals surface area contributed by atoms with Crippen molar-refractivity contribution in [2.45, 2.75) is 53.4 Å². The number of hydrogen-bond donors (Lipinski definition) is 0. The van der Waals surface area contributed by atoms with Crippen molar-refractivity contribution in [3.05, 3.63) is 0 Å². The Kier molecular flexibility index (Phi) is 7.02. The van der Waals surface area contributed by atoms with Crippen LogP contribution in [0.3, 0.4) is 0 Å². The number of thioether (sulfide) groups is 1. The molecule has 0 nitrogen and oxygen atoms in total. The topological polar surface area (TPSA) is 0 Å². The average Bonchev–Trinajstić information content (AvgIpc) is 1.94. The lowest BCUT2D eigenvalue weighted by Gasteiger charge is -2.17. The van der Waals surface area contributed by atoms with Gasteiger partial charge in [0, 0.05) is 0 Å². The van der Waals surface area contributed by atoms with E-state index < -0.39 is 0 Å². The van der Waals surface area contributed by atoms with Crippen LogP contribution in [0.25, 0.3) is 0 Å². The van der Waals surface area contributed by atoms with Gasteiger partial charge < -0.3 is 0 Å². The van der Waals surface area contributed by atoms with Crippen LogP contribution in [0.5, 0.6) is 0 Å². The van der Waals surface area contributed by atoms with Gasteiger partial charge in [-0.3, -0.25) is 0 Å². The van der Waals surface area contributed by atoms with E-state index in [-0.39, 0.29) is 0 Å². The first kappa shape index (κ1) is 12.3. The summed E-state index contributed by atoms with van der Waals surface area (Å²) in [7, 11) is 0. The molecule has 0 aliphatic rings. The van der Waals surface area contributed by atoms with Crippen molar-refractivity contribution in [3.63, 3.8) is 0 Å². The molecule has 0 unspecified atom stereocenters. The van der Waals surface area contributed by atoms with Gasteiger partial charge in [-0.25, -0.2) is 0 Å². The number of unbranched alkanes of at least 4 members (excludes halogenated alkanes) is 2. The van der Waals surface area contributed by atoms with Crippen molar-refractivity contribution in [1.29, 1.82) is 0 Å². The summed E-state index contributed by atoms with van der Waals surface area (Å²) in [4.78, 5) is 0. The lowest BCUT2D eigenvalue weighted by atomic mass is 9.90. The Morgan fingerprint density at radius 1 is 1.00 bits per heavy atom. The van der Waals surface area contributed by atoms with Gasteiger partial charge in [-0.15, -0.1) is 0 Å². The van der Waals surface area contributed by atoms with Crippen LogP contribution in [-0.2, 0) is 0 Å². The molecule has 0 fully saturated rings. The first-order valence-electron chi connectivity index (χ1n) is 5.14. The molecule has 0 aliphatic carbocycles. The monoisotopic (exact) mass is 188 g/mol. The number of hydrogen-bond acceptors (Lipinski definition) is 1. The predicted molar refractivity (Wildman–Crippen MR) is 60.9 cm³/mol. The number of rotatable bonds is 6. The van der Waals surface area contributed by atoms with E-state index in [9.17, 15) is 0 Å². The van der Waals surface area contributed by atoms with Crippen LogP contribution in [0.4, 0.5) is 0 Å². The molecule has 0 bridgehead atoms. The summed E-state index contributed by atoms with van der Waals surface area (Å²) < 4.78 is 0. The van der Waals surface area contributed by atoms with E-state index in [1.165, 1.54) is 37.2 Å². The third kappa shape index (κ3) is 10.3. The summed E-state index contributed by atoms with van der Waals surface area (Å²) in [5.41, 5.74) is 0.540. The third-order valence-electron chi connectivity index (χ3n) is 1.92. The van der Waals surface area contributed by atoms with Crippen LogP contribution >= 0.6 is 11.8 Å². The van der Waals surface area contributed by atoms with Crippen molar-refractivity contribution in [2.24, 2.45) is 5.41 Å². The molecule has 0 aromatic heterocycles. The van der Waals surface area contributed by atoms with Crippen LogP contribution in [0.2, 0.25) is 0 Å². The Labute approximate surface area is 82.5 Å². The van der Waals surface area contributed by atoms with Crippen molar-refractivity contribution >= 4 is 11.8 Å². The average molecular weight is 188 g/mol. The second-order valence-corrected chi connectivity index (χ2v) is 5.96. The van der Waals surface area contributed by atoms with Gasteiger partial charge in [0.25, 0.3) is 0 Å². The van der Waals surface area contributed by atoms with Crippen LogP contribution in [0, 0.1) is 5.41 Å². The largest absolute Gasteiger partial charge is 0.162 e. The van der Waals surface area contributed by atoms with E-state index in [1.54, 1.807) is 0 Å². The Morgan fingerprint density at radius 3 is 2.17 bits per heavy atom. The molecule has 0 atom stereocenters. The van der Waals surface area contributed by atoms with E-state index in [1.807, 2.05) is 0 Å². The second-order valence-electron chi connectivity index (χ2n) is 4.57. The fourth-order valence-electron chi connectivity index (χ4n) is 1.18. The van der Waals surface area contributed by atoms with Gasteiger partial charge >= 0.3 is 0 Å². The van der Waals surface area contributed by atoms with E-state index in [2.05, 4.69) is 39.5 Å². The summed E-state index contributed by atoms with van der Waals surface area (Å²) in [6, 6.07) is 0. The van der Waals surface area contributed by atoms with Crippen molar-refractivity contribution in [3.8, 4) is 0 Å². The maximum Gasteiger partial charge on any atom is -0.00676 e. The Hall–Kier alpha value is 0.350. The third-order valence-corrected chi connectivity index (χ3v) is 2.91. The minimum absolute atomic E-state index is 0.540. The Balaban J connectivity index is 3.01. The highest BCUT2D eigenvalue weighted by molar-refractivity contribution is 7.99. The second kappa shape index (κ2) is 6.82. The highest BCUT2D eigenvalue weighted by atomic mass is 32.2. The van der Waals surface area contributed by atoms with Crippen molar-refractivity contribution in [2.75, 3.05) is 11.5 Å². The van der Waals surface area contributed by atoms with E-state index >= 15 is 0 Å². The highest BCUT2D eigenvalue weighted by Crippen LogP contribution is 2.22. The maximum atomic E-state index is 2.33. The van der Waals surface area contributed by atoms with Gasteiger partial charge in [-0.05, 0) is 29.8 Å². The SMILES string of the molecule is CCSCCCCCC(C)(C)C. The van der Waals surface area contributed by atoms with Gasteiger partial charge in [0.15, 0.2) is 0 Å². The van der Waals surface area contributed by atoms with E-state index in [4.69, 9.17) is 0 Å². The normalized spacial score (nSPS) is 12.0. The molecule has 1 heteroatoms. The zero-order valence-corrected chi connectivity index (χ0v) is 9.97. The molecule has 74 valence electrons. The molecular formula is C11H24S. The summed E-state index contributed by atoms with van der Waals surface area (Å²) >= 11 is 2.07. The molecule has 0 radical (unpaired) electrons. The zero-order valence-electron chi connectivity index (χ0n) is 9.15. The van der Waals surface area contributed by atoms with Crippen LogP contribution in [-0.4, -0.2) is 11.5 Å². The minimum Gasteiger partial charge on any atom is -0.162 e. The molecule has 0 aromatic carbocycles. The minimum atomic E-state index is 0.540. The molecule has 0 aromatic rings. The molecule has 0 saturated heterocycles. The predicted octanol–water partition coefficient (Wildman–Crippen LogP) is 4.35. The van der Waals surface area contributed by atoms with Crippen molar-refractivity contribution < 1.29 is 0 Å². The Bertz CT molecular complexity index is 91.7. The molecule has 12 heavy (non-hydrogen) atoms. The molecule has 0 heterocycles. The summed E-state index contributed by atoms with van der Waals surface area (Å²) in [5.74, 6) is 2.64. The van der Waals surface area contributed by atoms with Gasteiger partial charge in [0.1, 0.15) is 0 Å². The fraction of sp³-hybridized carbons (Fsp3) is 1.00. The maximum absolute atomic E-state index is 2.33. The molecule has 0 saturated carbocycles. The molecule has 0 amide bonds. The van der Waals surface area contributed by atoms with Gasteiger partial charge in [0.05, 0.1) is 0 Å². The van der Waals surface area contributed by atoms with Crippen LogP contribution in [0.15, 0.2) is 0 Å². The molecule has 0 N–H and O–H groups in total. The first-order chi connectivity index (χ1) is 5.56. The standard InChI is InChI=1S/C11H24S/c1-5-12-10-8-6-7-9-11(2,3)4/h5-10H2,1-4H3. The molecule has 0 aliphatic heterocycles. The highest BCUT2D eigenvalue weighted by Gasteiger charge is 2.08. The van der Waals surface area contributed by atoms with Crippen LogP contribution in [0.1, 0.15) is 53.4 Å². The smallest absolute Gasteiger partial charge is 0.00676 e. The van der Waals surface area contributed by atoms with E-state index in [0.29, 0.717) is 5.41 Å². The molecule has 0 rings (SSSR count). The lowest BCUT2D eigenvalue weighted by Crippen LogP contribution is -2.03. The quantitative estimate of drug-likeness (QED) is 0.559. The van der Waals surface area contributed by atoms with E-state index in [0.717, 1.165) is 0 Å². The molecular weight excluding hydrogens is 164 g/mol. The molecule has 0 spiro atoms. The lowest BCUT2D eigenvalue weighted by molar-refractivity contribution is 0.360. The zero-order chi connectivity index (χ0) is 9.45. The fourth-order valence-corrected chi connectivity index (χ4v) is 1.88. The Morgan fingerprint density at radius 2 is 1.67 bits per heavy atom. The summed E-state index contributed by atoms with van der Waals surface area (Å²) in [5, 5.41) is 0.